The third-order valence-corrected chi connectivity index (χ3v) is 9.37. The molecule has 12 nitrogen and oxygen atoms in total. The number of ketones is 2. The third-order valence-electron chi connectivity index (χ3n) is 8.54. The molecule has 224 valence electrons. The van der Waals surface area contributed by atoms with Crippen molar-refractivity contribution in [2.75, 3.05) is 20.4 Å². The molecule has 0 fully saturated rings. The smallest absolute Gasteiger partial charge is 0.255 e. The second-order valence-electron chi connectivity index (χ2n) is 12.6. The van der Waals surface area contributed by atoms with E-state index in [1.165, 1.54) is 25.1 Å². The molecule has 13 heteroatoms. The minimum atomic E-state index is -3.65. The summed E-state index contributed by atoms with van der Waals surface area (Å²) < 4.78 is 24.9. The van der Waals surface area contributed by atoms with Crippen molar-refractivity contribution in [3.05, 3.63) is 51.0 Å². The van der Waals surface area contributed by atoms with Crippen LogP contribution in [0.15, 0.2) is 28.7 Å². The monoisotopic (exact) mass is 592 g/mol. The number of hydrogen-bond acceptors (Lipinski definition) is 11. The van der Waals surface area contributed by atoms with E-state index in [0.29, 0.717) is 0 Å². The molecule has 7 N–H and O–H groups in total. The zero-order valence-corrected chi connectivity index (χ0v) is 24.7. The highest BCUT2D eigenvalue weighted by atomic mass is 32.2. The first-order valence-electron chi connectivity index (χ1n) is 13.0. The summed E-state index contributed by atoms with van der Waals surface area (Å²) in [5, 5.41) is 57.4. The third kappa shape index (κ3) is 4.28. The second-order valence-corrected chi connectivity index (χ2v) is 14.7. The van der Waals surface area contributed by atoms with Crippen LogP contribution in [0.1, 0.15) is 60.7 Å². The number of amides is 1. The fourth-order valence-corrected chi connectivity index (χ4v) is 7.65. The number of sulfone groups is 1. The molecule has 0 unspecified atom stereocenters. The van der Waals surface area contributed by atoms with Gasteiger partial charge in [0.05, 0.1) is 29.4 Å². The van der Waals surface area contributed by atoms with E-state index in [9.17, 15) is 48.3 Å². The number of aliphatic hydroxyl groups excluding tert-OH is 3. The van der Waals surface area contributed by atoms with E-state index in [-0.39, 0.29) is 22.3 Å². The number of benzene rings is 1. The Hall–Kier alpha value is -3.26. The van der Waals surface area contributed by atoms with E-state index in [4.69, 9.17) is 5.73 Å². The molecule has 1 amide bonds. The van der Waals surface area contributed by atoms with Gasteiger partial charge in [-0.25, -0.2) is 8.42 Å². The molecule has 0 radical (unpaired) electrons. The first-order chi connectivity index (χ1) is 18.6. The fraction of sp³-hybridized carbons (Fsp3) is 0.536. The van der Waals surface area contributed by atoms with E-state index in [1.54, 1.807) is 27.7 Å². The maximum absolute atomic E-state index is 14.2. The SMILES string of the molecule is C[C@H]1c2c(CS(C)(=O)=O)cc(C(C)(C)C)c(O)c2C(=O)C2=C(O)[C@]3(O)C(=O)C(C(N)=O)=C(O)[C@@H](N(C)C)[C@@H]3[C@@H](O)[C@@H]21. The number of hydrogen-bond donors (Lipinski definition) is 6. The number of primary amides is 1. The van der Waals surface area contributed by atoms with Crippen LogP contribution < -0.4 is 5.73 Å². The van der Waals surface area contributed by atoms with Gasteiger partial charge in [-0.05, 0) is 36.6 Å². The molecule has 0 aromatic heterocycles. The topological polar surface area (TPSA) is 216 Å². The van der Waals surface area contributed by atoms with Gasteiger partial charge in [0.1, 0.15) is 22.8 Å². The molecule has 6 atom stereocenters. The van der Waals surface area contributed by atoms with E-state index in [1.807, 2.05) is 0 Å². The zero-order chi connectivity index (χ0) is 31.3. The molecule has 0 spiro atoms. The van der Waals surface area contributed by atoms with E-state index in [2.05, 4.69) is 0 Å². The Morgan fingerprint density at radius 2 is 1.71 bits per heavy atom. The van der Waals surface area contributed by atoms with Crippen LogP contribution in [0.5, 0.6) is 5.75 Å². The maximum atomic E-state index is 14.2. The van der Waals surface area contributed by atoms with Crippen LogP contribution in [-0.2, 0) is 30.6 Å². The molecule has 1 aromatic carbocycles. The van der Waals surface area contributed by atoms with Gasteiger partial charge in [-0.2, -0.15) is 0 Å². The summed E-state index contributed by atoms with van der Waals surface area (Å²) in [5.74, 6) is -10.6. The molecule has 4 rings (SSSR count). The summed E-state index contributed by atoms with van der Waals surface area (Å²) in [6.45, 7) is 6.81. The molecular weight excluding hydrogens is 556 g/mol. The van der Waals surface area contributed by atoms with Crippen LogP contribution in [-0.4, -0.2) is 94.4 Å². The molecule has 3 aliphatic rings. The van der Waals surface area contributed by atoms with E-state index in [0.717, 1.165) is 6.26 Å². The summed E-state index contributed by atoms with van der Waals surface area (Å²) in [5.41, 5.74) is 0.340. The van der Waals surface area contributed by atoms with Gasteiger partial charge in [0, 0.05) is 23.3 Å². The molecular formula is C28H36N2O10S. The summed E-state index contributed by atoms with van der Waals surface area (Å²) in [6.07, 6.45) is -0.757. The van der Waals surface area contributed by atoms with Gasteiger partial charge >= 0.3 is 0 Å². The van der Waals surface area contributed by atoms with Gasteiger partial charge in [0.25, 0.3) is 5.91 Å². The summed E-state index contributed by atoms with van der Waals surface area (Å²) in [4.78, 5) is 41.2. The summed E-state index contributed by atoms with van der Waals surface area (Å²) in [6, 6.07) is 0.120. The van der Waals surface area contributed by atoms with Crippen molar-refractivity contribution in [1.29, 1.82) is 0 Å². The number of carbonyl (C=O) groups excluding carboxylic acids is 3. The van der Waals surface area contributed by atoms with Gasteiger partial charge in [-0.15, -0.1) is 0 Å². The number of rotatable bonds is 4. The Bertz CT molecular complexity index is 1570. The minimum absolute atomic E-state index is 0.151. The lowest BCUT2D eigenvalue weighted by molar-refractivity contribution is -0.162. The van der Waals surface area contributed by atoms with Crippen LogP contribution in [0.4, 0.5) is 0 Å². The zero-order valence-electron chi connectivity index (χ0n) is 23.9. The number of carbonyl (C=O) groups is 3. The Kier molecular flexibility index (Phi) is 7.02. The molecule has 0 heterocycles. The first kappa shape index (κ1) is 30.7. The van der Waals surface area contributed by atoms with Crippen molar-refractivity contribution in [3.63, 3.8) is 0 Å². The normalized spacial score (nSPS) is 30.3. The number of aliphatic hydroxyl groups is 4. The van der Waals surface area contributed by atoms with Crippen molar-refractivity contribution < 1.29 is 48.3 Å². The first-order valence-corrected chi connectivity index (χ1v) is 15.0. The molecule has 41 heavy (non-hydrogen) atoms. The fourth-order valence-electron chi connectivity index (χ4n) is 6.85. The number of phenolic OH excluding ortho intramolecular Hbond substituents is 1. The lowest BCUT2D eigenvalue weighted by Crippen LogP contribution is -2.68. The van der Waals surface area contributed by atoms with Crippen molar-refractivity contribution in [2.45, 2.75) is 62.5 Å². The van der Waals surface area contributed by atoms with Crippen molar-refractivity contribution >= 4 is 27.3 Å². The number of aromatic hydroxyl groups is 1. The van der Waals surface area contributed by atoms with Gasteiger partial charge < -0.3 is 31.3 Å². The average molecular weight is 593 g/mol. The second kappa shape index (κ2) is 9.38. The van der Waals surface area contributed by atoms with Crippen LogP contribution in [0.25, 0.3) is 0 Å². The van der Waals surface area contributed by atoms with E-state index >= 15 is 0 Å². The predicted molar refractivity (Wildman–Crippen MR) is 147 cm³/mol. The van der Waals surface area contributed by atoms with Gasteiger partial charge in [-0.3, -0.25) is 19.3 Å². The van der Waals surface area contributed by atoms with Gasteiger partial charge in [0.2, 0.25) is 5.78 Å². The van der Waals surface area contributed by atoms with Crippen molar-refractivity contribution in [3.8, 4) is 5.75 Å². The lowest BCUT2D eigenvalue weighted by Gasteiger charge is -2.53. The quantitative estimate of drug-likeness (QED) is 0.265. The molecule has 0 saturated heterocycles. The van der Waals surface area contributed by atoms with Crippen LogP contribution >= 0.6 is 0 Å². The largest absolute Gasteiger partial charge is 0.510 e. The Balaban J connectivity index is 2.12. The van der Waals surface area contributed by atoms with Crippen molar-refractivity contribution in [1.82, 2.24) is 4.90 Å². The van der Waals surface area contributed by atoms with Crippen LogP contribution in [0.3, 0.4) is 0 Å². The highest BCUT2D eigenvalue weighted by molar-refractivity contribution is 7.89. The number of likely N-dealkylation sites (N-methyl/N-ethyl adjacent to an activating group) is 1. The average Bonchev–Trinajstić information content (AvgIpc) is 2.80. The maximum Gasteiger partial charge on any atom is 0.255 e. The lowest BCUT2D eigenvalue weighted by atomic mass is 9.54. The standard InChI is InChI=1S/C28H36N2O10S/c1-10-13-11(9-41(7,39)40)8-12(27(2,3)4)20(31)15(13)21(32)16-14(10)22(33)18-19(30(5)6)23(34)17(26(29)37)25(36)28(18,38)24(16)35/h8,10,14,18-19,22,31,33-35,38H,9H2,1-7H3,(H2,29,37)/t10-,14+,18+,19-,22-,28-/m0/s1. The highest BCUT2D eigenvalue weighted by Crippen LogP contribution is 2.56. The molecule has 1 aromatic rings. The number of nitrogens with zero attached hydrogens (tertiary/aromatic N) is 1. The Labute approximate surface area is 237 Å². The number of fused-ring (bicyclic) bond motifs is 3. The minimum Gasteiger partial charge on any atom is -0.510 e. The van der Waals surface area contributed by atoms with E-state index < -0.39 is 102 Å². The molecule has 0 bridgehead atoms. The number of Topliss-reactive ketones (excluding diaryl/α,β-unsaturated/α-hetero) is 2. The van der Waals surface area contributed by atoms with Gasteiger partial charge in [-0.1, -0.05) is 33.8 Å². The molecule has 0 aliphatic heterocycles. The summed E-state index contributed by atoms with van der Waals surface area (Å²) >= 11 is 0. The summed E-state index contributed by atoms with van der Waals surface area (Å²) in [7, 11) is -0.761. The molecule has 0 saturated carbocycles. The number of phenols is 1. The Morgan fingerprint density at radius 1 is 1.15 bits per heavy atom. The predicted octanol–water partition coefficient (Wildman–Crippen LogP) is 0.495. The highest BCUT2D eigenvalue weighted by Gasteiger charge is 2.67. The molecule has 3 aliphatic carbocycles. The Morgan fingerprint density at radius 3 is 2.17 bits per heavy atom. The van der Waals surface area contributed by atoms with Crippen LogP contribution in [0.2, 0.25) is 0 Å². The van der Waals surface area contributed by atoms with Gasteiger partial charge in [0.15, 0.2) is 21.2 Å². The van der Waals surface area contributed by atoms with Crippen LogP contribution in [0, 0.1) is 11.8 Å². The number of nitrogens with two attached hydrogens (primary N) is 1. The van der Waals surface area contributed by atoms with Crippen molar-refractivity contribution in [2.24, 2.45) is 17.6 Å².